The molecule has 39 heavy (non-hydrogen) atoms. The van der Waals surface area contributed by atoms with Crippen LogP contribution in [0.4, 0.5) is 13.2 Å². The van der Waals surface area contributed by atoms with Crippen LogP contribution in [-0.4, -0.2) is 82.3 Å². The van der Waals surface area contributed by atoms with Crippen LogP contribution in [0.25, 0.3) is 0 Å². The number of aliphatic carboxylic acids is 2. The molecule has 15 heteroatoms. The highest BCUT2D eigenvalue weighted by Gasteiger charge is 2.43. The lowest BCUT2D eigenvalue weighted by Gasteiger charge is -2.37. The number of carboxylic acid groups (broad SMARTS) is 2. The van der Waals surface area contributed by atoms with Gasteiger partial charge in [0.25, 0.3) is 5.91 Å². The molecular formula is C24H40F3N5O7. The molecular weight excluding hydrogens is 527 g/mol. The zero-order valence-corrected chi connectivity index (χ0v) is 22.5. The second kappa shape index (κ2) is 17.9. The van der Waals surface area contributed by atoms with Gasteiger partial charge in [0.1, 0.15) is 12.1 Å². The Kier molecular flexibility index (Phi) is 16.3. The minimum Gasteiger partial charge on any atom is -0.475 e. The zero-order valence-electron chi connectivity index (χ0n) is 22.5. The number of hydrogen-bond donors (Lipinski definition) is 5. The van der Waals surface area contributed by atoms with Gasteiger partial charge in [0.05, 0.1) is 0 Å². The topological polar surface area (TPSA) is 198 Å². The first-order valence-corrected chi connectivity index (χ1v) is 12.7. The summed E-state index contributed by atoms with van der Waals surface area (Å²) < 4.78 is 37.3. The number of nitrogens with one attached hydrogen (secondary N) is 1. The highest BCUT2D eigenvalue weighted by Crippen LogP contribution is 2.23. The number of carbonyl (C=O) groups is 4. The minimum absolute atomic E-state index is 0.284. The smallest absolute Gasteiger partial charge is 0.475 e. The monoisotopic (exact) mass is 567 g/mol. The van der Waals surface area contributed by atoms with Crippen LogP contribution in [-0.2, 0) is 23.9 Å². The molecule has 1 aliphatic rings. The van der Waals surface area contributed by atoms with Gasteiger partial charge in [0, 0.05) is 20.0 Å². The number of halogens is 3. The zero-order chi connectivity index (χ0) is 30.2. The summed E-state index contributed by atoms with van der Waals surface area (Å²) >= 11 is 0. The fourth-order valence-electron chi connectivity index (χ4n) is 3.74. The van der Waals surface area contributed by atoms with Crippen molar-refractivity contribution in [1.29, 1.82) is 0 Å². The van der Waals surface area contributed by atoms with Gasteiger partial charge in [-0.15, -0.1) is 0 Å². The van der Waals surface area contributed by atoms with Gasteiger partial charge in [-0.2, -0.15) is 13.2 Å². The van der Waals surface area contributed by atoms with E-state index in [-0.39, 0.29) is 11.9 Å². The van der Waals surface area contributed by atoms with Crippen LogP contribution in [0.3, 0.4) is 0 Å². The Morgan fingerprint density at radius 3 is 1.97 bits per heavy atom. The van der Waals surface area contributed by atoms with E-state index < -0.39 is 48.0 Å². The first kappa shape index (κ1) is 35.5. The second-order valence-electron chi connectivity index (χ2n) is 8.89. The summed E-state index contributed by atoms with van der Waals surface area (Å²) in [4.78, 5) is 51.4. The number of carbonyl (C=O) groups excluding carboxylic acids is 2. The molecule has 7 N–H and O–H groups in total. The number of unbranched alkanes of at least 4 members (excludes halogenated alkanes) is 6. The third kappa shape index (κ3) is 14.3. The van der Waals surface area contributed by atoms with E-state index in [1.54, 1.807) is 4.90 Å². The van der Waals surface area contributed by atoms with Crippen LogP contribution in [0.5, 0.6) is 0 Å². The fourth-order valence-corrected chi connectivity index (χ4v) is 3.74. The van der Waals surface area contributed by atoms with Crippen molar-refractivity contribution in [1.82, 2.24) is 10.2 Å². The van der Waals surface area contributed by atoms with E-state index in [1.165, 1.54) is 38.7 Å². The fraction of sp³-hybridized carbons (Fsp3) is 0.708. The van der Waals surface area contributed by atoms with Crippen LogP contribution in [0, 0.1) is 0 Å². The number of hydrogen-bond acceptors (Lipinski definition) is 6. The number of carboxylic acids is 2. The predicted molar refractivity (Wildman–Crippen MR) is 136 cm³/mol. The van der Waals surface area contributed by atoms with Crippen molar-refractivity contribution in [2.45, 2.75) is 96.5 Å². The van der Waals surface area contributed by atoms with Gasteiger partial charge in [0.2, 0.25) is 11.7 Å². The van der Waals surface area contributed by atoms with E-state index in [1.807, 2.05) is 6.92 Å². The highest BCUT2D eigenvalue weighted by atomic mass is 19.4. The van der Waals surface area contributed by atoms with E-state index in [2.05, 4.69) is 17.2 Å². The lowest BCUT2D eigenvalue weighted by Crippen LogP contribution is -2.59. The molecule has 0 bridgehead atoms. The first-order chi connectivity index (χ1) is 18.1. The van der Waals surface area contributed by atoms with Gasteiger partial charge in [0.15, 0.2) is 12.1 Å². The van der Waals surface area contributed by atoms with Gasteiger partial charge in [-0.1, -0.05) is 52.4 Å². The lowest BCUT2D eigenvalue weighted by atomic mass is 9.97. The quantitative estimate of drug-likeness (QED) is 0.119. The van der Waals surface area contributed by atoms with Gasteiger partial charge >= 0.3 is 18.1 Å². The Morgan fingerprint density at radius 1 is 1.00 bits per heavy atom. The van der Waals surface area contributed by atoms with Crippen LogP contribution >= 0.6 is 0 Å². The average Bonchev–Trinajstić information content (AvgIpc) is 2.82. The summed E-state index contributed by atoms with van der Waals surface area (Å²) in [7, 11) is 0. The van der Waals surface area contributed by atoms with Crippen molar-refractivity contribution in [2.75, 3.05) is 13.1 Å². The van der Waals surface area contributed by atoms with Crippen molar-refractivity contribution in [3.05, 3.63) is 11.8 Å². The number of rotatable bonds is 14. The summed E-state index contributed by atoms with van der Waals surface area (Å²) in [5.41, 5.74) is 11.0. The molecule has 224 valence electrons. The summed E-state index contributed by atoms with van der Waals surface area (Å²) in [5.74, 6) is -5.60. The maximum Gasteiger partial charge on any atom is 0.490 e. The number of alkyl halides is 3. The second-order valence-corrected chi connectivity index (χ2v) is 8.89. The van der Waals surface area contributed by atoms with Crippen LogP contribution < -0.4 is 16.8 Å². The molecule has 0 spiro atoms. The largest absolute Gasteiger partial charge is 0.490 e. The maximum absolute atomic E-state index is 13.4. The maximum atomic E-state index is 13.4. The molecule has 1 heterocycles. The minimum atomic E-state index is -5.08. The highest BCUT2D eigenvalue weighted by molar-refractivity contribution is 5.89. The standard InChI is InChI=1S/C22H39N5O5.C2HF3O2/c1-4-6-7-8-9-10-11-13-27(12-5-2)20(29)19-18(25-15(3)28)16(26-22(23)24)14-17(32-19)21(30)31;3-2(4,5)1(6)7/h14,16,18-19H,4-13H2,1-3H3,(H,25,28)(H,30,31)(H4,23,24,26);(H,6,7)/t16?,18?,19-;/m1./s1. The molecule has 0 aromatic heterocycles. The molecule has 0 fully saturated rings. The van der Waals surface area contributed by atoms with Gasteiger partial charge in [-0.05, 0) is 18.9 Å². The molecule has 2 unspecified atom stereocenters. The summed E-state index contributed by atoms with van der Waals surface area (Å²) in [5, 5.41) is 19.2. The molecule has 0 radical (unpaired) electrons. The molecule has 0 aliphatic carbocycles. The molecule has 1 rings (SSSR count). The molecule has 0 saturated carbocycles. The number of nitrogens with zero attached hydrogens (tertiary/aromatic N) is 2. The molecule has 3 atom stereocenters. The van der Waals surface area contributed by atoms with E-state index in [0.29, 0.717) is 13.1 Å². The Morgan fingerprint density at radius 2 is 1.54 bits per heavy atom. The van der Waals surface area contributed by atoms with E-state index in [4.69, 9.17) is 26.1 Å². The van der Waals surface area contributed by atoms with Gasteiger partial charge in [-0.3, -0.25) is 9.59 Å². The predicted octanol–water partition coefficient (Wildman–Crippen LogP) is 2.12. The molecule has 2 amide bonds. The molecule has 1 aliphatic heterocycles. The van der Waals surface area contributed by atoms with Crippen molar-refractivity contribution in [3.8, 4) is 0 Å². The van der Waals surface area contributed by atoms with Crippen LogP contribution in [0.1, 0.15) is 72.1 Å². The van der Waals surface area contributed by atoms with E-state index in [0.717, 1.165) is 25.7 Å². The number of amides is 2. The number of ether oxygens (including phenoxy) is 1. The number of guanidine groups is 1. The summed E-state index contributed by atoms with van der Waals surface area (Å²) in [6.45, 7) is 6.47. The Hall–Kier alpha value is -3.52. The number of aliphatic imine (C=N–C) groups is 1. The van der Waals surface area contributed by atoms with Crippen molar-refractivity contribution in [3.63, 3.8) is 0 Å². The van der Waals surface area contributed by atoms with Crippen molar-refractivity contribution < 1.29 is 47.3 Å². The third-order valence-electron chi connectivity index (χ3n) is 5.47. The Balaban J connectivity index is 0.00000181. The van der Waals surface area contributed by atoms with Gasteiger partial charge in [-0.25, -0.2) is 14.6 Å². The first-order valence-electron chi connectivity index (χ1n) is 12.7. The molecule has 0 aromatic rings. The molecule has 12 nitrogen and oxygen atoms in total. The number of nitrogens with two attached hydrogens (primary N) is 2. The normalized spacial score (nSPS) is 18.4. The van der Waals surface area contributed by atoms with Crippen LogP contribution in [0.2, 0.25) is 0 Å². The average molecular weight is 568 g/mol. The SMILES string of the molecule is CCCCCCCCCN(CCC)C(=O)[C@@H]1OC(C(=O)O)=CC(N=C(N)N)C1NC(C)=O.O=C(O)C(F)(F)F. The third-order valence-corrected chi connectivity index (χ3v) is 5.47. The summed E-state index contributed by atoms with van der Waals surface area (Å²) in [6, 6.07) is -1.88. The van der Waals surface area contributed by atoms with E-state index in [9.17, 15) is 32.7 Å². The van der Waals surface area contributed by atoms with Crippen LogP contribution in [0.15, 0.2) is 16.8 Å². The molecule has 0 aromatic carbocycles. The van der Waals surface area contributed by atoms with Crippen molar-refractivity contribution >= 4 is 29.7 Å². The van der Waals surface area contributed by atoms with Crippen molar-refractivity contribution in [2.24, 2.45) is 16.5 Å². The Bertz CT molecular complexity index is 877. The lowest BCUT2D eigenvalue weighted by molar-refractivity contribution is -0.192. The summed E-state index contributed by atoms with van der Waals surface area (Å²) in [6.07, 6.45) is 3.40. The Labute approximate surface area is 225 Å². The van der Waals surface area contributed by atoms with Gasteiger partial charge < -0.3 is 36.6 Å². The molecule has 0 saturated heterocycles. The van der Waals surface area contributed by atoms with E-state index >= 15 is 0 Å².